The minimum Gasteiger partial charge on any atom is -0.378 e. The number of amides is 1. The fourth-order valence-electron chi connectivity index (χ4n) is 3.46. The highest BCUT2D eigenvalue weighted by atomic mass is 32.1. The van der Waals surface area contributed by atoms with Crippen LogP contribution < -0.4 is 5.32 Å². The predicted octanol–water partition coefficient (Wildman–Crippen LogP) is 2.27. The number of morpholine rings is 1. The average molecular weight is 323 g/mol. The molecule has 2 atom stereocenters. The molecule has 1 aliphatic heterocycles. The van der Waals surface area contributed by atoms with Crippen LogP contribution in [0.3, 0.4) is 0 Å². The molecule has 0 spiro atoms. The van der Waals surface area contributed by atoms with E-state index in [1.165, 1.54) is 25.7 Å². The maximum Gasteiger partial charge on any atom is 0.240 e. The minimum atomic E-state index is -0.152. The molecule has 2 aliphatic rings. The van der Waals surface area contributed by atoms with E-state index >= 15 is 0 Å². The number of carbonyl (C=O) groups excluding carboxylic acids is 1. The molecule has 5 nitrogen and oxygen atoms in total. The Bertz CT molecular complexity index is 513. The summed E-state index contributed by atoms with van der Waals surface area (Å²) < 4.78 is 5.57. The number of ether oxygens (including phenoxy) is 1. The smallest absolute Gasteiger partial charge is 0.240 e. The zero-order valence-electron chi connectivity index (χ0n) is 13.4. The summed E-state index contributed by atoms with van der Waals surface area (Å²) in [5.41, 5.74) is 1.01. The Hall–Kier alpha value is -0.980. The molecular formula is C16H25N3O2S. The SMILES string of the molecule is Cc1csc([C@H](C)NC(=O)[C@H]2COCCN2C2CCCC2)n1. The molecular weight excluding hydrogens is 298 g/mol. The van der Waals surface area contributed by atoms with Gasteiger partial charge < -0.3 is 10.1 Å². The Labute approximate surface area is 136 Å². The molecule has 0 radical (unpaired) electrons. The van der Waals surface area contributed by atoms with Crippen molar-refractivity contribution in [2.75, 3.05) is 19.8 Å². The van der Waals surface area contributed by atoms with E-state index in [4.69, 9.17) is 4.74 Å². The number of rotatable bonds is 4. The molecule has 0 unspecified atom stereocenters. The van der Waals surface area contributed by atoms with Gasteiger partial charge >= 0.3 is 0 Å². The summed E-state index contributed by atoms with van der Waals surface area (Å²) in [6.45, 7) is 6.09. The van der Waals surface area contributed by atoms with Crippen molar-refractivity contribution in [2.45, 2.75) is 57.7 Å². The fraction of sp³-hybridized carbons (Fsp3) is 0.750. The van der Waals surface area contributed by atoms with Gasteiger partial charge in [-0.3, -0.25) is 9.69 Å². The van der Waals surface area contributed by atoms with Crippen LogP contribution in [0.1, 0.15) is 49.4 Å². The summed E-state index contributed by atoms with van der Waals surface area (Å²) in [5, 5.41) is 6.11. The number of nitrogens with zero attached hydrogens (tertiary/aromatic N) is 2. The monoisotopic (exact) mass is 323 g/mol. The fourth-order valence-corrected chi connectivity index (χ4v) is 4.26. The van der Waals surface area contributed by atoms with Crippen molar-refractivity contribution in [1.29, 1.82) is 0 Å². The largest absolute Gasteiger partial charge is 0.378 e. The first kappa shape index (κ1) is 15.9. The first-order chi connectivity index (χ1) is 10.6. The first-order valence-corrected chi connectivity index (χ1v) is 9.09. The number of hydrogen-bond acceptors (Lipinski definition) is 5. The lowest BCUT2D eigenvalue weighted by Gasteiger charge is -2.39. The standard InChI is InChI=1S/C16H25N3O2S/c1-11-10-22-16(17-11)12(2)18-15(20)14-9-21-8-7-19(14)13-5-3-4-6-13/h10,12-14H,3-9H2,1-2H3,(H,18,20)/t12-,14+/m0/s1. The van der Waals surface area contributed by atoms with Crippen molar-refractivity contribution in [3.8, 4) is 0 Å². The zero-order valence-corrected chi connectivity index (χ0v) is 14.2. The van der Waals surface area contributed by atoms with Gasteiger partial charge in [-0.2, -0.15) is 0 Å². The molecule has 1 aromatic rings. The van der Waals surface area contributed by atoms with Crippen LogP contribution in [-0.2, 0) is 9.53 Å². The zero-order chi connectivity index (χ0) is 15.5. The van der Waals surface area contributed by atoms with Crippen LogP contribution in [0.15, 0.2) is 5.38 Å². The van der Waals surface area contributed by atoms with Gasteiger partial charge in [0, 0.05) is 23.7 Å². The Morgan fingerprint density at radius 1 is 1.50 bits per heavy atom. The second kappa shape index (κ2) is 7.06. The van der Waals surface area contributed by atoms with Crippen molar-refractivity contribution < 1.29 is 9.53 Å². The van der Waals surface area contributed by atoms with Crippen LogP contribution in [0.25, 0.3) is 0 Å². The Balaban J connectivity index is 1.63. The number of thiazole rings is 1. The van der Waals surface area contributed by atoms with Crippen LogP contribution in [0.5, 0.6) is 0 Å². The molecule has 1 aliphatic carbocycles. The van der Waals surface area contributed by atoms with Gasteiger partial charge in [0.2, 0.25) is 5.91 Å². The Morgan fingerprint density at radius 2 is 2.27 bits per heavy atom. The molecule has 1 aromatic heterocycles. The van der Waals surface area contributed by atoms with Crippen LogP contribution >= 0.6 is 11.3 Å². The number of aryl methyl sites for hydroxylation is 1. The number of carbonyl (C=O) groups is 1. The van der Waals surface area contributed by atoms with Crippen molar-refractivity contribution in [3.05, 3.63) is 16.1 Å². The van der Waals surface area contributed by atoms with Crippen molar-refractivity contribution in [3.63, 3.8) is 0 Å². The average Bonchev–Trinajstić information content (AvgIpc) is 3.18. The lowest BCUT2D eigenvalue weighted by atomic mass is 10.1. The lowest BCUT2D eigenvalue weighted by Crippen LogP contribution is -2.56. The molecule has 2 heterocycles. The molecule has 22 heavy (non-hydrogen) atoms. The molecule has 1 amide bonds. The summed E-state index contributed by atoms with van der Waals surface area (Å²) in [6.07, 6.45) is 4.99. The van der Waals surface area contributed by atoms with Crippen LogP contribution in [0, 0.1) is 6.92 Å². The van der Waals surface area contributed by atoms with Gasteiger partial charge in [0.05, 0.1) is 19.3 Å². The highest BCUT2D eigenvalue weighted by molar-refractivity contribution is 7.09. The summed E-state index contributed by atoms with van der Waals surface area (Å²) in [7, 11) is 0. The topological polar surface area (TPSA) is 54.5 Å². The number of aromatic nitrogens is 1. The van der Waals surface area contributed by atoms with Crippen LogP contribution in [0.4, 0.5) is 0 Å². The molecule has 3 rings (SSSR count). The molecule has 1 N–H and O–H groups in total. The summed E-state index contributed by atoms with van der Waals surface area (Å²) >= 11 is 1.60. The quantitative estimate of drug-likeness (QED) is 0.923. The van der Waals surface area contributed by atoms with E-state index in [-0.39, 0.29) is 18.0 Å². The predicted molar refractivity (Wildman–Crippen MR) is 87.0 cm³/mol. The molecule has 1 saturated heterocycles. The first-order valence-electron chi connectivity index (χ1n) is 8.21. The Kier molecular flexibility index (Phi) is 5.10. The normalized spacial score (nSPS) is 25.3. The molecule has 1 saturated carbocycles. The van der Waals surface area contributed by atoms with Gasteiger partial charge in [-0.05, 0) is 26.7 Å². The second-order valence-corrected chi connectivity index (χ2v) is 7.21. The maximum atomic E-state index is 12.7. The molecule has 0 bridgehead atoms. The van der Waals surface area contributed by atoms with Gasteiger partial charge in [-0.25, -0.2) is 4.98 Å². The Morgan fingerprint density at radius 3 is 2.95 bits per heavy atom. The van der Waals surface area contributed by atoms with E-state index in [2.05, 4.69) is 15.2 Å². The molecule has 0 aromatic carbocycles. The highest BCUT2D eigenvalue weighted by Gasteiger charge is 2.35. The van der Waals surface area contributed by atoms with E-state index in [1.54, 1.807) is 11.3 Å². The highest BCUT2D eigenvalue weighted by Crippen LogP contribution is 2.27. The van der Waals surface area contributed by atoms with Gasteiger partial charge in [0.25, 0.3) is 0 Å². The maximum absolute atomic E-state index is 12.7. The third kappa shape index (κ3) is 3.50. The second-order valence-electron chi connectivity index (χ2n) is 6.32. The molecule has 6 heteroatoms. The number of hydrogen-bond donors (Lipinski definition) is 1. The van der Waals surface area contributed by atoms with Gasteiger partial charge in [0.1, 0.15) is 11.0 Å². The van der Waals surface area contributed by atoms with E-state index in [1.807, 2.05) is 19.2 Å². The van der Waals surface area contributed by atoms with Gasteiger partial charge in [-0.15, -0.1) is 11.3 Å². The summed E-state index contributed by atoms with van der Waals surface area (Å²) in [6, 6.07) is 0.357. The minimum absolute atomic E-state index is 0.0430. The van der Waals surface area contributed by atoms with Crippen molar-refractivity contribution in [1.82, 2.24) is 15.2 Å². The van der Waals surface area contributed by atoms with Gasteiger partial charge in [0.15, 0.2) is 0 Å². The van der Waals surface area contributed by atoms with Crippen molar-refractivity contribution >= 4 is 17.2 Å². The summed E-state index contributed by atoms with van der Waals surface area (Å²) in [4.78, 5) is 19.5. The molecule has 2 fully saturated rings. The van der Waals surface area contributed by atoms with Crippen LogP contribution in [0.2, 0.25) is 0 Å². The van der Waals surface area contributed by atoms with Crippen molar-refractivity contribution in [2.24, 2.45) is 0 Å². The van der Waals surface area contributed by atoms with E-state index in [0.717, 1.165) is 23.9 Å². The number of nitrogens with one attached hydrogen (secondary N) is 1. The van der Waals surface area contributed by atoms with Crippen LogP contribution in [-0.4, -0.2) is 47.6 Å². The van der Waals surface area contributed by atoms with E-state index in [9.17, 15) is 4.79 Å². The lowest BCUT2D eigenvalue weighted by molar-refractivity contribution is -0.135. The third-order valence-corrected chi connectivity index (χ3v) is 5.78. The van der Waals surface area contributed by atoms with E-state index < -0.39 is 0 Å². The van der Waals surface area contributed by atoms with E-state index in [0.29, 0.717) is 12.6 Å². The van der Waals surface area contributed by atoms with Gasteiger partial charge in [-0.1, -0.05) is 12.8 Å². The third-order valence-electron chi connectivity index (χ3n) is 4.63. The summed E-state index contributed by atoms with van der Waals surface area (Å²) in [5.74, 6) is 0.0759. The molecule has 122 valence electrons.